The van der Waals surface area contributed by atoms with Gasteiger partial charge in [0.15, 0.2) is 0 Å². The molecule has 4 heteroatoms. The lowest BCUT2D eigenvalue weighted by molar-refractivity contribution is 0.199. The van der Waals surface area contributed by atoms with Crippen LogP contribution in [0.25, 0.3) is 0 Å². The lowest BCUT2D eigenvalue weighted by Crippen LogP contribution is -2.18. The molecule has 0 aliphatic heterocycles. The van der Waals surface area contributed by atoms with Crippen molar-refractivity contribution in [1.82, 2.24) is 5.32 Å². The average molecular weight is 232 g/mol. The molecule has 1 rings (SSSR count). The zero-order valence-electron chi connectivity index (χ0n) is 9.16. The number of halogens is 1. The van der Waals surface area contributed by atoms with E-state index in [9.17, 15) is 0 Å². The normalized spacial score (nSPS) is 9.47. The highest BCUT2D eigenvalue weighted by Crippen LogP contribution is 2.10. The first-order valence-electron chi connectivity index (χ1n) is 4.69. The summed E-state index contributed by atoms with van der Waals surface area (Å²) in [4.78, 5) is 0. The molecule has 1 N–H and O–H groups in total. The monoisotopic (exact) mass is 231 g/mol. The van der Waals surface area contributed by atoms with Crippen LogP contribution >= 0.6 is 12.4 Å². The van der Waals surface area contributed by atoms with Gasteiger partial charge in [0.1, 0.15) is 5.75 Å². The van der Waals surface area contributed by atoms with Crippen LogP contribution in [0.5, 0.6) is 5.75 Å². The summed E-state index contributed by atoms with van der Waals surface area (Å²) in [6.07, 6.45) is 0. The predicted molar refractivity (Wildman–Crippen MR) is 63.8 cm³/mol. The Kier molecular flexibility index (Phi) is 8.09. The van der Waals surface area contributed by atoms with Gasteiger partial charge in [-0.1, -0.05) is 12.1 Å². The highest BCUT2D eigenvalue weighted by molar-refractivity contribution is 5.85. The van der Waals surface area contributed by atoms with Gasteiger partial charge in [-0.05, 0) is 17.7 Å². The second kappa shape index (κ2) is 8.53. The number of hydrogen-bond donors (Lipinski definition) is 1. The van der Waals surface area contributed by atoms with E-state index in [1.807, 2.05) is 12.1 Å². The third-order valence-electron chi connectivity index (χ3n) is 1.97. The van der Waals surface area contributed by atoms with E-state index in [4.69, 9.17) is 9.47 Å². The van der Waals surface area contributed by atoms with Gasteiger partial charge in [0.25, 0.3) is 0 Å². The van der Waals surface area contributed by atoms with Crippen LogP contribution in [-0.4, -0.2) is 27.4 Å². The van der Waals surface area contributed by atoms with Crippen molar-refractivity contribution < 1.29 is 9.47 Å². The van der Waals surface area contributed by atoms with E-state index >= 15 is 0 Å². The topological polar surface area (TPSA) is 30.5 Å². The van der Waals surface area contributed by atoms with E-state index in [0.717, 1.165) is 25.4 Å². The van der Waals surface area contributed by atoms with E-state index in [2.05, 4.69) is 17.4 Å². The van der Waals surface area contributed by atoms with Crippen LogP contribution in [0.2, 0.25) is 0 Å². The van der Waals surface area contributed by atoms with Crippen LogP contribution in [0.3, 0.4) is 0 Å². The first kappa shape index (κ1) is 14.2. The van der Waals surface area contributed by atoms with Gasteiger partial charge in [-0.15, -0.1) is 12.4 Å². The van der Waals surface area contributed by atoms with Gasteiger partial charge < -0.3 is 14.8 Å². The molecule has 0 saturated carbocycles. The Morgan fingerprint density at radius 1 is 1.13 bits per heavy atom. The van der Waals surface area contributed by atoms with Crippen molar-refractivity contribution in [2.75, 3.05) is 27.4 Å². The Hall–Kier alpha value is -0.770. The molecule has 1 aromatic carbocycles. The van der Waals surface area contributed by atoms with E-state index in [1.165, 1.54) is 5.56 Å². The van der Waals surface area contributed by atoms with Gasteiger partial charge in [-0.3, -0.25) is 0 Å². The fourth-order valence-electron chi connectivity index (χ4n) is 1.15. The molecule has 0 aliphatic carbocycles. The molecule has 0 amide bonds. The number of benzene rings is 1. The molecule has 0 fully saturated rings. The Bertz CT molecular complexity index is 251. The van der Waals surface area contributed by atoms with Crippen molar-refractivity contribution in [2.45, 2.75) is 6.54 Å². The van der Waals surface area contributed by atoms with Gasteiger partial charge >= 0.3 is 0 Å². The number of hydrogen-bond acceptors (Lipinski definition) is 3. The summed E-state index contributed by atoms with van der Waals surface area (Å²) in [5.41, 5.74) is 1.25. The van der Waals surface area contributed by atoms with Crippen molar-refractivity contribution in [3.05, 3.63) is 29.8 Å². The third-order valence-corrected chi connectivity index (χ3v) is 1.97. The zero-order valence-corrected chi connectivity index (χ0v) is 9.97. The summed E-state index contributed by atoms with van der Waals surface area (Å²) in [6, 6.07) is 8.04. The predicted octanol–water partition coefficient (Wildman–Crippen LogP) is 1.85. The number of methoxy groups -OCH3 is 2. The molecular weight excluding hydrogens is 214 g/mol. The molecule has 0 bridgehead atoms. The minimum atomic E-state index is 0. The minimum Gasteiger partial charge on any atom is -0.497 e. The lowest BCUT2D eigenvalue weighted by Gasteiger charge is -2.05. The largest absolute Gasteiger partial charge is 0.497 e. The Balaban J connectivity index is 0.00000196. The van der Waals surface area contributed by atoms with E-state index < -0.39 is 0 Å². The Morgan fingerprint density at radius 2 is 1.80 bits per heavy atom. The average Bonchev–Trinajstić information content (AvgIpc) is 2.25. The summed E-state index contributed by atoms with van der Waals surface area (Å²) < 4.78 is 10.0. The molecule has 0 heterocycles. The number of nitrogens with one attached hydrogen (secondary N) is 1. The molecule has 0 unspecified atom stereocenters. The lowest BCUT2D eigenvalue weighted by atomic mass is 10.2. The molecular formula is C11H18ClNO2. The second-order valence-corrected chi connectivity index (χ2v) is 3.02. The highest BCUT2D eigenvalue weighted by atomic mass is 35.5. The number of ether oxygens (including phenoxy) is 2. The van der Waals surface area contributed by atoms with Gasteiger partial charge in [0.05, 0.1) is 13.7 Å². The smallest absolute Gasteiger partial charge is 0.118 e. The maximum Gasteiger partial charge on any atom is 0.118 e. The molecule has 1 aromatic rings. The molecule has 0 radical (unpaired) electrons. The highest BCUT2D eigenvalue weighted by Gasteiger charge is 1.93. The summed E-state index contributed by atoms with van der Waals surface area (Å²) in [7, 11) is 3.38. The fraction of sp³-hybridized carbons (Fsp3) is 0.455. The van der Waals surface area contributed by atoms with Gasteiger partial charge in [0, 0.05) is 20.2 Å². The molecule has 0 saturated heterocycles. The van der Waals surface area contributed by atoms with Crippen LogP contribution in [0.4, 0.5) is 0 Å². The van der Waals surface area contributed by atoms with Crippen LogP contribution in [-0.2, 0) is 11.3 Å². The molecule has 0 aliphatic rings. The first-order valence-corrected chi connectivity index (χ1v) is 4.69. The quantitative estimate of drug-likeness (QED) is 0.759. The van der Waals surface area contributed by atoms with E-state index in [-0.39, 0.29) is 12.4 Å². The van der Waals surface area contributed by atoms with Gasteiger partial charge in [-0.2, -0.15) is 0 Å². The summed E-state index contributed by atoms with van der Waals surface area (Å²) >= 11 is 0. The summed E-state index contributed by atoms with van der Waals surface area (Å²) in [6.45, 7) is 2.49. The van der Waals surface area contributed by atoms with E-state index in [0.29, 0.717) is 0 Å². The van der Waals surface area contributed by atoms with Crippen molar-refractivity contribution in [1.29, 1.82) is 0 Å². The van der Waals surface area contributed by atoms with Crippen LogP contribution in [0.15, 0.2) is 24.3 Å². The van der Waals surface area contributed by atoms with Crippen molar-refractivity contribution >= 4 is 12.4 Å². The molecule has 0 atom stereocenters. The number of rotatable bonds is 6. The summed E-state index contributed by atoms with van der Waals surface area (Å²) in [5.74, 6) is 0.894. The van der Waals surface area contributed by atoms with Crippen molar-refractivity contribution in [3.8, 4) is 5.75 Å². The third kappa shape index (κ3) is 5.62. The van der Waals surface area contributed by atoms with Crippen molar-refractivity contribution in [2.24, 2.45) is 0 Å². The van der Waals surface area contributed by atoms with Gasteiger partial charge in [0.2, 0.25) is 0 Å². The Morgan fingerprint density at radius 3 is 2.33 bits per heavy atom. The van der Waals surface area contributed by atoms with Crippen LogP contribution < -0.4 is 10.1 Å². The molecule has 0 spiro atoms. The maximum atomic E-state index is 5.07. The maximum absolute atomic E-state index is 5.07. The van der Waals surface area contributed by atoms with Gasteiger partial charge in [-0.25, -0.2) is 0 Å². The standard InChI is InChI=1S/C11H17NO2.ClH/c1-13-8-7-12-9-10-3-5-11(14-2)6-4-10;/h3-6,12H,7-9H2,1-2H3;1H. The van der Waals surface area contributed by atoms with Crippen LogP contribution in [0, 0.1) is 0 Å². The molecule has 86 valence electrons. The summed E-state index contributed by atoms with van der Waals surface area (Å²) in [5, 5.41) is 3.27. The first-order chi connectivity index (χ1) is 6.86. The fourth-order valence-corrected chi connectivity index (χ4v) is 1.15. The van der Waals surface area contributed by atoms with Crippen LogP contribution in [0.1, 0.15) is 5.56 Å². The van der Waals surface area contributed by atoms with E-state index in [1.54, 1.807) is 14.2 Å². The molecule has 3 nitrogen and oxygen atoms in total. The van der Waals surface area contributed by atoms with Crippen molar-refractivity contribution in [3.63, 3.8) is 0 Å². The Labute approximate surface area is 97.2 Å². The second-order valence-electron chi connectivity index (χ2n) is 3.02. The zero-order chi connectivity index (χ0) is 10.2. The molecule has 15 heavy (non-hydrogen) atoms. The minimum absolute atomic E-state index is 0. The molecule has 0 aromatic heterocycles. The SMILES string of the molecule is COCCNCc1ccc(OC)cc1.Cl.